The topological polar surface area (TPSA) is 90.7 Å². The molecule has 27 heavy (non-hydrogen) atoms. The molecule has 1 amide bonds. The van der Waals surface area contributed by atoms with Crippen molar-refractivity contribution in [1.29, 1.82) is 0 Å². The van der Waals surface area contributed by atoms with Gasteiger partial charge < -0.3 is 10.2 Å². The maximum Gasteiger partial charge on any atom is 0.258 e. The fourth-order valence-electron chi connectivity index (χ4n) is 3.98. The number of carbonyl (C=O) groups is 1. The zero-order chi connectivity index (χ0) is 18.5. The Morgan fingerprint density at radius 2 is 1.93 bits per heavy atom. The predicted molar refractivity (Wildman–Crippen MR) is 95.8 cm³/mol. The van der Waals surface area contributed by atoms with E-state index in [4.69, 9.17) is 0 Å². The molecule has 5 rings (SSSR count). The molecule has 144 valence electrons. The van der Waals surface area contributed by atoms with E-state index in [-0.39, 0.29) is 18.2 Å². The first kappa shape index (κ1) is 16.8. The van der Waals surface area contributed by atoms with E-state index in [2.05, 4.69) is 35.7 Å². The second-order valence-electron chi connectivity index (χ2n) is 7.57. The maximum atomic E-state index is 14.2. The third-order valence-corrected chi connectivity index (χ3v) is 5.73. The highest BCUT2D eigenvalue weighted by Crippen LogP contribution is 2.36. The molecule has 1 aliphatic carbocycles. The van der Waals surface area contributed by atoms with E-state index in [1.54, 1.807) is 4.52 Å². The highest BCUT2D eigenvalue weighted by Gasteiger charge is 2.46. The molecule has 2 aliphatic heterocycles. The molecule has 10 heteroatoms. The Kier molecular flexibility index (Phi) is 3.97. The van der Waals surface area contributed by atoms with Gasteiger partial charge in [0, 0.05) is 26.2 Å². The van der Waals surface area contributed by atoms with Crippen LogP contribution in [0.1, 0.15) is 18.7 Å². The Morgan fingerprint density at radius 3 is 2.67 bits per heavy atom. The van der Waals surface area contributed by atoms with Crippen LogP contribution in [0.5, 0.6) is 0 Å². The van der Waals surface area contributed by atoms with E-state index in [1.165, 1.54) is 0 Å². The van der Waals surface area contributed by atoms with Gasteiger partial charge >= 0.3 is 0 Å². The summed E-state index contributed by atoms with van der Waals surface area (Å²) < 4.78 is 15.9. The van der Waals surface area contributed by atoms with Crippen molar-refractivity contribution >= 4 is 17.4 Å². The zero-order valence-electron chi connectivity index (χ0n) is 15.2. The fraction of sp³-hybridized carbons (Fsp3) is 0.647. The van der Waals surface area contributed by atoms with Gasteiger partial charge in [-0.15, -0.1) is 15.3 Å². The second kappa shape index (κ2) is 6.38. The monoisotopic (exact) mass is 374 g/mol. The molecule has 2 aromatic heterocycles. The number of carbonyl (C=O) groups excluding carboxylic acids is 1. The molecule has 3 aliphatic rings. The Bertz CT molecular complexity index is 860. The molecular formula is C17H23FN8O. The highest BCUT2D eigenvalue weighted by atomic mass is 19.1. The predicted octanol–water partition coefficient (Wildman–Crippen LogP) is -0.326. The Morgan fingerprint density at radius 1 is 1.15 bits per heavy atom. The molecule has 2 saturated heterocycles. The molecule has 0 spiro atoms. The summed E-state index contributed by atoms with van der Waals surface area (Å²) in [7, 11) is 0. The summed E-state index contributed by atoms with van der Waals surface area (Å²) in [6.07, 6.45) is 0.260. The molecule has 3 fully saturated rings. The minimum atomic E-state index is -1.45. The average Bonchev–Trinajstić information content (AvgIpc) is 3.47. The van der Waals surface area contributed by atoms with E-state index in [0.29, 0.717) is 0 Å². The molecule has 0 radical (unpaired) electrons. The van der Waals surface area contributed by atoms with Crippen LogP contribution < -0.4 is 15.5 Å². The van der Waals surface area contributed by atoms with Crippen molar-refractivity contribution in [1.82, 2.24) is 35.3 Å². The van der Waals surface area contributed by atoms with Crippen LogP contribution in [0.2, 0.25) is 0 Å². The number of halogens is 1. The Labute approximate surface area is 155 Å². The molecule has 2 aromatic rings. The maximum absolute atomic E-state index is 14.2. The molecule has 0 aromatic carbocycles. The van der Waals surface area contributed by atoms with Gasteiger partial charge in [-0.2, -0.15) is 4.52 Å². The van der Waals surface area contributed by atoms with Crippen LogP contribution in [0.15, 0.2) is 12.1 Å². The number of anilines is 1. The van der Waals surface area contributed by atoms with Gasteiger partial charge in [0.2, 0.25) is 0 Å². The van der Waals surface area contributed by atoms with Crippen molar-refractivity contribution in [2.75, 3.05) is 31.1 Å². The summed E-state index contributed by atoms with van der Waals surface area (Å²) in [5, 5.41) is 18.8. The standard InChI is InChI=1S/C17H23FN8O/c1-10-21-22-12-4-5-13(23-26(10)12)24-6-8-25(9-7-24)17-19-15(11-2-3-11)14(18)16(27)20-17/h4-5,11,14-15,17,19H,2-3,6-9H2,1H3,(H,20,27). The molecule has 1 saturated carbocycles. The lowest BCUT2D eigenvalue weighted by Crippen LogP contribution is -2.70. The van der Waals surface area contributed by atoms with Crippen LogP contribution in [0.3, 0.4) is 0 Å². The van der Waals surface area contributed by atoms with Gasteiger partial charge in [0.05, 0.1) is 6.04 Å². The van der Waals surface area contributed by atoms with Gasteiger partial charge in [-0.05, 0) is 37.8 Å². The van der Waals surface area contributed by atoms with E-state index in [1.807, 2.05) is 19.1 Å². The molecule has 2 N–H and O–H groups in total. The number of piperazine rings is 1. The van der Waals surface area contributed by atoms with Crippen LogP contribution in [-0.4, -0.2) is 75.3 Å². The van der Waals surface area contributed by atoms with Gasteiger partial charge in [0.25, 0.3) is 5.91 Å². The van der Waals surface area contributed by atoms with E-state index in [9.17, 15) is 9.18 Å². The van der Waals surface area contributed by atoms with Gasteiger partial charge in [0.1, 0.15) is 12.1 Å². The van der Waals surface area contributed by atoms with Gasteiger partial charge in [-0.25, -0.2) is 4.39 Å². The number of hydrogen-bond donors (Lipinski definition) is 2. The molecule has 3 atom stereocenters. The van der Waals surface area contributed by atoms with E-state index < -0.39 is 12.1 Å². The highest BCUT2D eigenvalue weighted by molar-refractivity contribution is 5.82. The van der Waals surface area contributed by atoms with Crippen molar-refractivity contribution in [3.8, 4) is 0 Å². The average molecular weight is 374 g/mol. The number of amides is 1. The largest absolute Gasteiger partial charge is 0.353 e. The molecule has 4 heterocycles. The van der Waals surface area contributed by atoms with Crippen molar-refractivity contribution in [2.24, 2.45) is 5.92 Å². The van der Waals surface area contributed by atoms with Crippen LogP contribution >= 0.6 is 0 Å². The number of aromatic nitrogens is 4. The lowest BCUT2D eigenvalue weighted by atomic mass is 10.0. The zero-order valence-corrected chi connectivity index (χ0v) is 15.2. The quantitative estimate of drug-likeness (QED) is 0.761. The number of rotatable bonds is 3. The molecule has 3 unspecified atom stereocenters. The molecule has 9 nitrogen and oxygen atoms in total. The lowest BCUT2D eigenvalue weighted by Gasteiger charge is -2.44. The molecular weight excluding hydrogens is 351 g/mol. The van der Waals surface area contributed by atoms with Crippen molar-refractivity contribution in [3.05, 3.63) is 18.0 Å². The second-order valence-corrected chi connectivity index (χ2v) is 7.57. The summed E-state index contributed by atoms with van der Waals surface area (Å²) in [6.45, 7) is 4.95. The first-order chi connectivity index (χ1) is 13.1. The van der Waals surface area contributed by atoms with Crippen molar-refractivity contribution in [2.45, 2.75) is 38.3 Å². The summed E-state index contributed by atoms with van der Waals surface area (Å²) in [6, 6.07) is 3.51. The van der Waals surface area contributed by atoms with Gasteiger partial charge in [-0.1, -0.05) is 0 Å². The van der Waals surface area contributed by atoms with Crippen LogP contribution in [0.25, 0.3) is 5.65 Å². The first-order valence-electron chi connectivity index (χ1n) is 9.49. The van der Waals surface area contributed by atoms with E-state index >= 15 is 0 Å². The number of alkyl halides is 1. The fourth-order valence-corrected chi connectivity index (χ4v) is 3.98. The number of nitrogens with zero attached hydrogens (tertiary/aromatic N) is 6. The minimum absolute atomic E-state index is 0.290. The molecule has 0 bridgehead atoms. The van der Waals surface area contributed by atoms with Gasteiger partial charge in [-0.3, -0.25) is 15.0 Å². The summed E-state index contributed by atoms with van der Waals surface area (Å²) in [5.74, 6) is 1.43. The minimum Gasteiger partial charge on any atom is -0.353 e. The number of nitrogens with one attached hydrogen (secondary N) is 2. The third-order valence-electron chi connectivity index (χ3n) is 5.73. The number of aryl methyl sites for hydroxylation is 1. The summed E-state index contributed by atoms with van der Waals surface area (Å²) in [5.41, 5.74) is 0.732. The third kappa shape index (κ3) is 3.02. The number of hydrogen-bond acceptors (Lipinski definition) is 7. The van der Waals surface area contributed by atoms with Crippen LogP contribution in [0, 0.1) is 12.8 Å². The van der Waals surface area contributed by atoms with Crippen LogP contribution in [0.4, 0.5) is 10.2 Å². The first-order valence-corrected chi connectivity index (χ1v) is 9.49. The summed E-state index contributed by atoms with van der Waals surface area (Å²) in [4.78, 5) is 16.4. The van der Waals surface area contributed by atoms with Gasteiger partial charge in [0.15, 0.2) is 17.6 Å². The number of fused-ring (bicyclic) bond motifs is 1. The Hall–Kier alpha value is -2.33. The van der Waals surface area contributed by atoms with Crippen molar-refractivity contribution in [3.63, 3.8) is 0 Å². The summed E-state index contributed by atoms with van der Waals surface area (Å²) >= 11 is 0. The van der Waals surface area contributed by atoms with E-state index in [0.717, 1.165) is 56.3 Å². The lowest BCUT2D eigenvalue weighted by molar-refractivity contribution is -0.134. The van der Waals surface area contributed by atoms with Crippen LogP contribution in [-0.2, 0) is 4.79 Å². The Balaban J connectivity index is 1.25. The van der Waals surface area contributed by atoms with Crippen molar-refractivity contribution < 1.29 is 9.18 Å². The normalized spacial score (nSPS) is 29.9. The smallest absolute Gasteiger partial charge is 0.258 e. The SMILES string of the molecule is Cc1nnc2ccc(N3CCN(C4NC(=O)C(F)C(C5CC5)N4)CC3)nn12.